The molecule has 0 aliphatic rings. The Morgan fingerprint density at radius 1 is 1.59 bits per heavy atom. The lowest BCUT2D eigenvalue weighted by Gasteiger charge is -1.99. The number of hydrogen-bond donors (Lipinski definition) is 1. The fraction of sp³-hybridized carbons (Fsp3) is 0.500. The zero-order chi connectivity index (χ0) is 12.7. The van der Waals surface area contributed by atoms with E-state index in [2.05, 4.69) is 10.3 Å². The lowest BCUT2D eigenvalue weighted by molar-refractivity contribution is -0.142. The van der Waals surface area contributed by atoms with E-state index < -0.39 is 0 Å². The summed E-state index contributed by atoms with van der Waals surface area (Å²) in [5.41, 5.74) is 0.618. The Bertz CT molecular complexity index is 358. The van der Waals surface area contributed by atoms with Crippen LogP contribution in [-0.4, -0.2) is 35.5 Å². The summed E-state index contributed by atoms with van der Waals surface area (Å²) < 4.78 is 4.81. The van der Waals surface area contributed by atoms with E-state index in [0.29, 0.717) is 23.2 Å². The van der Waals surface area contributed by atoms with Crippen molar-refractivity contribution in [2.24, 2.45) is 0 Å². The third kappa shape index (κ3) is 5.18. The summed E-state index contributed by atoms with van der Waals surface area (Å²) in [6.07, 6.45) is 2.00. The fourth-order valence-electron chi connectivity index (χ4n) is 1.09. The summed E-state index contributed by atoms with van der Waals surface area (Å²) in [6.45, 7) is 2.12. The lowest BCUT2D eigenvalue weighted by Crippen LogP contribution is -2.14. The van der Waals surface area contributed by atoms with Gasteiger partial charge in [0.15, 0.2) is 5.13 Å². The third-order valence-electron chi connectivity index (χ3n) is 1.70. The number of carbonyl (C=O) groups excluding carboxylic acids is 2. The Kier molecular flexibility index (Phi) is 5.99. The predicted molar refractivity (Wildman–Crippen MR) is 69.5 cm³/mol. The summed E-state index contributed by atoms with van der Waals surface area (Å²) in [6, 6.07) is 0. The molecule has 1 amide bonds. The molecule has 17 heavy (non-hydrogen) atoms. The molecule has 0 aliphatic heterocycles. The number of anilines is 1. The van der Waals surface area contributed by atoms with Crippen LogP contribution in [0.4, 0.5) is 5.13 Å². The largest absolute Gasteiger partial charge is 0.466 e. The normalized spacial score (nSPS) is 10.0. The maximum atomic E-state index is 11.3. The highest BCUT2D eigenvalue weighted by Gasteiger charge is 2.09. The maximum absolute atomic E-state index is 11.3. The quantitative estimate of drug-likeness (QED) is 0.797. The van der Waals surface area contributed by atoms with E-state index in [4.69, 9.17) is 4.74 Å². The number of aromatic nitrogens is 1. The maximum Gasteiger partial charge on any atom is 0.311 e. The summed E-state index contributed by atoms with van der Waals surface area (Å²) in [4.78, 5) is 26.6. The number of carbonyl (C=O) groups is 2. The van der Waals surface area contributed by atoms with Crippen LogP contribution in [0.5, 0.6) is 0 Å². The van der Waals surface area contributed by atoms with E-state index in [-0.39, 0.29) is 18.3 Å². The number of thioether (sulfide) groups is 1. The van der Waals surface area contributed by atoms with Gasteiger partial charge in [-0.1, -0.05) is 0 Å². The average molecular weight is 274 g/mol. The van der Waals surface area contributed by atoms with E-state index in [9.17, 15) is 9.59 Å². The summed E-state index contributed by atoms with van der Waals surface area (Å²) in [5, 5.41) is 4.92. The Balaban J connectivity index is 2.47. The Morgan fingerprint density at radius 2 is 2.35 bits per heavy atom. The van der Waals surface area contributed by atoms with Crippen molar-refractivity contribution in [3.63, 3.8) is 0 Å². The Morgan fingerprint density at radius 3 is 3.00 bits per heavy atom. The van der Waals surface area contributed by atoms with Crippen LogP contribution in [0, 0.1) is 0 Å². The average Bonchev–Trinajstić information content (AvgIpc) is 2.66. The van der Waals surface area contributed by atoms with Crippen LogP contribution in [0.25, 0.3) is 0 Å². The molecule has 0 fully saturated rings. The third-order valence-corrected chi connectivity index (χ3v) is 3.06. The van der Waals surface area contributed by atoms with Crippen molar-refractivity contribution in [2.45, 2.75) is 13.3 Å². The number of rotatable bonds is 6. The first-order valence-electron chi connectivity index (χ1n) is 5.04. The molecule has 0 saturated carbocycles. The molecule has 1 N–H and O–H groups in total. The molecule has 1 aromatic heterocycles. The van der Waals surface area contributed by atoms with Gasteiger partial charge in [0.2, 0.25) is 5.91 Å². The van der Waals surface area contributed by atoms with Crippen molar-refractivity contribution < 1.29 is 14.3 Å². The monoisotopic (exact) mass is 274 g/mol. The van der Waals surface area contributed by atoms with Gasteiger partial charge >= 0.3 is 5.97 Å². The molecule has 1 heterocycles. The predicted octanol–water partition coefficient (Wildman–Crippen LogP) is 1.55. The number of esters is 1. The first kappa shape index (κ1) is 14.0. The number of nitrogens with zero attached hydrogens (tertiary/aromatic N) is 1. The minimum Gasteiger partial charge on any atom is -0.466 e. The van der Waals surface area contributed by atoms with Gasteiger partial charge in [-0.2, -0.15) is 11.8 Å². The molecule has 0 aliphatic carbocycles. The van der Waals surface area contributed by atoms with Gasteiger partial charge in [0, 0.05) is 5.38 Å². The molecule has 0 aromatic carbocycles. The van der Waals surface area contributed by atoms with Gasteiger partial charge in [-0.15, -0.1) is 11.3 Å². The van der Waals surface area contributed by atoms with Crippen LogP contribution in [0.1, 0.15) is 12.6 Å². The molecule has 0 radical (unpaired) electrons. The fourth-order valence-corrected chi connectivity index (χ4v) is 2.15. The van der Waals surface area contributed by atoms with Crippen molar-refractivity contribution in [2.75, 3.05) is 23.9 Å². The summed E-state index contributed by atoms with van der Waals surface area (Å²) in [7, 11) is 0. The van der Waals surface area contributed by atoms with Gasteiger partial charge < -0.3 is 10.1 Å². The smallest absolute Gasteiger partial charge is 0.311 e. The standard InChI is InChI=1S/C10H14N2O3S2/c1-3-15-9(14)4-7-5-17-10(11-7)12-8(13)6-16-2/h5H,3-4,6H2,1-2H3,(H,11,12,13). The van der Waals surface area contributed by atoms with E-state index >= 15 is 0 Å². The molecule has 7 heteroatoms. The van der Waals surface area contributed by atoms with Gasteiger partial charge in [-0.05, 0) is 13.2 Å². The van der Waals surface area contributed by atoms with E-state index in [1.807, 2.05) is 6.26 Å². The van der Waals surface area contributed by atoms with Gasteiger partial charge in [0.1, 0.15) is 0 Å². The van der Waals surface area contributed by atoms with Crippen molar-refractivity contribution in [3.8, 4) is 0 Å². The van der Waals surface area contributed by atoms with Crippen LogP contribution in [0.15, 0.2) is 5.38 Å². The molecular weight excluding hydrogens is 260 g/mol. The molecule has 1 aromatic rings. The van der Waals surface area contributed by atoms with Crippen molar-refractivity contribution in [3.05, 3.63) is 11.1 Å². The van der Waals surface area contributed by atoms with Gasteiger partial charge in [-0.3, -0.25) is 9.59 Å². The van der Waals surface area contributed by atoms with Crippen LogP contribution in [0.2, 0.25) is 0 Å². The molecule has 0 saturated heterocycles. The topological polar surface area (TPSA) is 68.3 Å². The lowest BCUT2D eigenvalue weighted by atomic mass is 10.3. The first-order valence-corrected chi connectivity index (χ1v) is 7.31. The molecule has 94 valence electrons. The Hall–Kier alpha value is -1.08. The number of nitrogens with one attached hydrogen (secondary N) is 1. The highest BCUT2D eigenvalue weighted by molar-refractivity contribution is 7.99. The van der Waals surface area contributed by atoms with Crippen LogP contribution in [0.3, 0.4) is 0 Å². The molecular formula is C10H14N2O3S2. The summed E-state index contributed by atoms with van der Waals surface area (Å²) >= 11 is 2.75. The minimum atomic E-state index is -0.306. The Labute approximate surface area is 108 Å². The van der Waals surface area contributed by atoms with Crippen molar-refractivity contribution in [1.29, 1.82) is 0 Å². The number of amides is 1. The molecule has 5 nitrogen and oxygen atoms in total. The van der Waals surface area contributed by atoms with Crippen LogP contribution in [-0.2, 0) is 20.7 Å². The molecule has 0 bridgehead atoms. The first-order chi connectivity index (χ1) is 8.15. The molecule has 0 atom stereocenters. The van der Waals surface area contributed by atoms with Gasteiger partial charge in [0.25, 0.3) is 0 Å². The van der Waals surface area contributed by atoms with Gasteiger partial charge in [-0.25, -0.2) is 4.98 Å². The van der Waals surface area contributed by atoms with Crippen molar-refractivity contribution in [1.82, 2.24) is 4.98 Å². The molecule has 1 rings (SSSR count). The van der Waals surface area contributed by atoms with E-state index in [1.165, 1.54) is 23.1 Å². The summed E-state index contributed by atoms with van der Waals surface area (Å²) in [5.74, 6) is 0.00148. The highest BCUT2D eigenvalue weighted by atomic mass is 32.2. The minimum absolute atomic E-state index is 0.0884. The zero-order valence-electron chi connectivity index (χ0n) is 9.69. The number of hydrogen-bond acceptors (Lipinski definition) is 6. The van der Waals surface area contributed by atoms with Crippen LogP contribution >= 0.6 is 23.1 Å². The number of thiazole rings is 1. The van der Waals surface area contributed by atoms with Crippen molar-refractivity contribution >= 4 is 40.1 Å². The second-order valence-corrected chi connectivity index (χ2v) is 4.83. The second kappa shape index (κ2) is 7.29. The van der Waals surface area contributed by atoms with E-state index in [0.717, 1.165) is 0 Å². The van der Waals surface area contributed by atoms with Gasteiger partial charge in [0.05, 0.1) is 24.5 Å². The molecule has 0 spiro atoms. The zero-order valence-corrected chi connectivity index (χ0v) is 11.3. The molecule has 0 unspecified atom stereocenters. The number of ether oxygens (including phenoxy) is 1. The second-order valence-electron chi connectivity index (χ2n) is 3.11. The van der Waals surface area contributed by atoms with E-state index in [1.54, 1.807) is 12.3 Å². The van der Waals surface area contributed by atoms with Crippen LogP contribution < -0.4 is 5.32 Å². The SMILES string of the molecule is CCOC(=O)Cc1csc(NC(=O)CSC)n1. The highest BCUT2D eigenvalue weighted by Crippen LogP contribution is 2.16.